The molecule has 0 aromatic carbocycles. The van der Waals surface area contributed by atoms with Crippen LogP contribution in [0, 0.1) is 0 Å². The van der Waals surface area contributed by atoms with Gasteiger partial charge in [-0.2, -0.15) is 13.2 Å². The van der Waals surface area contributed by atoms with Crippen LogP contribution in [-0.4, -0.2) is 43.2 Å². The van der Waals surface area contributed by atoms with Crippen LogP contribution in [0.3, 0.4) is 0 Å². The number of carbonyl (C=O) groups excluding carboxylic acids is 2. The van der Waals surface area contributed by atoms with E-state index in [1.807, 2.05) is 0 Å². The van der Waals surface area contributed by atoms with Crippen molar-refractivity contribution < 1.29 is 27.5 Å². The molecule has 0 rings (SSSR count). The van der Waals surface area contributed by atoms with Gasteiger partial charge >= 0.3 is 12.1 Å². The molecular weight excluding hydrogens is 275 g/mol. The first kappa shape index (κ1) is 18.5. The lowest BCUT2D eigenvalue weighted by molar-refractivity contribution is -0.153. The molecule has 0 radical (unpaired) electrons. The van der Waals surface area contributed by atoms with Crippen molar-refractivity contribution in [1.82, 2.24) is 4.90 Å². The van der Waals surface area contributed by atoms with Crippen molar-refractivity contribution in [2.45, 2.75) is 44.3 Å². The SMILES string of the molecule is C=CCCC(C(=O)OC)N(C)C(=O)CCCC(F)(F)F. The number of ether oxygens (including phenoxy) is 1. The number of allylic oxidation sites excluding steroid dienone is 1. The predicted octanol–water partition coefficient (Wildman–Crippen LogP) is 2.69. The number of hydrogen-bond donors (Lipinski definition) is 0. The zero-order chi connectivity index (χ0) is 15.8. The second-order valence-corrected chi connectivity index (χ2v) is 4.38. The summed E-state index contributed by atoms with van der Waals surface area (Å²) in [6, 6.07) is -0.795. The Morgan fingerprint density at radius 2 is 2.00 bits per heavy atom. The van der Waals surface area contributed by atoms with E-state index >= 15 is 0 Å². The molecule has 0 N–H and O–H groups in total. The highest BCUT2D eigenvalue weighted by Crippen LogP contribution is 2.22. The molecule has 0 aliphatic rings. The van der Waals surface area contributed by atoms with Crippen LogP contribution in [-0.2, 0) is 14.3 Å². The third kappa shape index (κ3) is 7.16. The maximum absolute atomic E-state index is 12.0. The van der Waals surface area contributed by atoms with E-state index in [1.54, 1.807) is 6.08 Å². The number of hydrogen-bond acceptors (Lipinski definition) is 3. The largest absolute Gasteiger partial charge is 0.467 e. The van der Waals surface area contributed by atoms with Gasteiger partial charge in [0.15, 0.2) is 0 Å². The van der Waals surface area contributed by atoms with E-state index in [0.29, 0.717) is 12.8 Å². The van der Waals surface area contributed by atoms with Crippen molar-refractivity contribution in [2.75, 3.05) is 14.2 Å². The Hall–Kier alpha value is -1.53. The van der Waals surface area contributed by atoms with Crippen molar-refractivity contribution in [3.05, 3.63) is 12.7 Å². The summed E-state index contributed by atoms with van der Waals surface area (Å²) in [7, 11) is 2.59. The highest BCUT2D eigenvalue weighted by atomic mass is 19.4. The molecule has 0 aliphatic heterocycles. The number of likely N-dealkylation sites (N-methyl/N-ethyl adjacent to an activating group) is 1. The summed E-state index contributed by atoms with van der Waals surface area (Å²) >= 11 is 0. The van der Waals surface area contributed by atoms with Crippen molar-refractivity contribution >= 4 is 11.9 Å². The summed E-state index contributed by atoms with van der Waals surface area (Å²) in [6.07, 6.45) is -3.40. The Labute approximate surface area is 116 Å². The zero-order valence-electron chi connectivity index (χ0n) is 11.7. The van der Waals surface area contributed by atoms with E-state index in [0.717, 1.165) is 4.90 Å². The molecule has 0 saturated carbocycles. The number of carbonyl (C=O) groups is 2. The van der Waals surface area contributed by atoms with Gasteiger partial charge in [-0.15, -0.1) is 6.58 Å². The van der Waals surface area contributed by atoms with Gasteiger partial charge in [0.2, 0.25) is 5.91 Å². The Bertz CT molecular complexity index is 342. The minimum Gasteiger partial charge on any atom is -0.467 e. The predicted molar refractivity (Wildman–Crippen MR) is 67.9 cm³/mol. The van der Waals surface area contributed by atoms with Crippen LogP contribution in [0.4, 0.5) is 13.2 Å². The van der Waals surface area contributed by atoms with Gasteiger partial charge in [0, 0.05) is 19.9 Å². The maximum atomic E-state index is 12.0. The first-order chi connectivity index (χ1) is 9.22. The third-order valence-electron chi connectivity index (χ3n) is 2.83. The number of alkyl halides is 3. The highest BCUT2D eigenvalue weighted by molar-refractivity contribution is 5.84. The molecule has 1 atom stereocenters. The molecule has 1 unspecified atom stereocenters. The van der Waals surface area contributed by atoms with Crippen molar-refractivity contribution in [1.29, 1.82) is 0 Å². The molecule has 1 amide bonds. The van der Waals surface area contributed by atoms with E-state index < -0.39 is 30.5 Å². The van der Waals surface area contributed by atoms with Crippen LogP contribution in [0.15, 0.2) is 12.7 Å². The average Bonchev–Trinajstić information content (AvgIpc) is 2.36. The van der Waals surface area contributed by atoms with Gasteiger partial charge in [-0.3, -0.25) is 4.79 Å². The van der Waals surface area contributed by atoms with Crippen LogP contribution in [0.1, 0.15) is 32.1 Å². The van der Waals surface area contributed by atoms with E-state index in [2.05, 4.69) is 11.3 Å². The molecule has 0 heterocycles. The molecule has 0 aromatic rings. The lowest BCUT2D eigenvalue weighted by Crippen LogP contribution is -2.43. The molecule has 0 fully saturated rings. The Balaban J connectivity index is 4.47. The monoisotopic (exact) mass is 295 g/mol. The second-order valence-electron chi connectivity index (χ2n) is 4.38. The summed E-state index contributed by atoms with van der Waals surface area (Å²) in [4.78, 5) is 24.5. The lowest BCUT2D eigenvalue weighted by Gasteiger charge is -2.26. The summed E-state index contributed by atoms with van der Waals surface area (Å²) < 4.78 is 40.6. The molecule has 4 nitrogen and oxygen atoms in total. The number of methoxy groups -OCH3 is 1. The van der Waals surface area contributed by atoms with E-state index in [9.17, 15) is 22.8 Å². The van der Waals surface area contributed by atoms with Gasteiger partial charge in [0.05, 0.1) is 7.11 Å². The Morgan fingerprint density at radius 1 is 1.40 bits per heavy atom. The van der Waals surface area contributed by atoms with Gasteiger partial charge in [0.1, 0.15) is 6.04 Å². The fourth-order valence-corrected chi connectivity index (χ4v) is 1.67. The quantitative estimate of drug-likeness (QED) is 0.511. The molecule has 0 bridgehead atoms. The van der Waals surface area contributed by atoms with Crippen molar-refractivity contribution in [3.8, 4) is 0 Å². The Kier molecular flexibility index (Phi) is 7.94. The van der Waals surface area contributed by atoms with Crippen molar-refractivity contribution in [3.63, 3.8) is 0 Å². The summed E-state index contributed by atoms with van der Waals surface area (Å²) in [5, 5.41) is 0. The van der Waals surface area contributed by atoms with E-state index in [4.69, 9.17) is 0 Å². The summed E-state index contributed by atoms with van der Waals surface area (Å²) in [5.41, 5.74) is 0. The maximum Gasteiger partial charge on any atom is 0.389 e. The molecule has 0 aliphatic carbocycles. The van der Waals surface area contributed by atoms with Crippen molar-refractivity contribution in [2.24, 2.45) is 0 Å². The molecule has 7 heteroatoms. The minimum atomic E-state index is -4.27. The van der Waals surface area contributed by atoms with E-state index in [-0.39, 0.29) is 12.8 Å². The number of rotatable bonds is 8. The molecule has 20 heavy (non-hydrogen) atoms. The number of nitrogens with zero attached hydrogens (tertiary/aromatic N) is 1. The van der Waals surface area contributed by atoms with Gasteiger partial charge in [0.25, 0.3) is 0 Å². The fourth-order valence-electron chi connectivity index (χ4n) is 1.67. The smallest absolute Gasteiger partial charge is 0.389 e. The van der Waals surface area contributed by atoms with Crippen LogP contribution >= 0.6 is 0 Å². The van der Waals surface area contributed by atoms with Gasteiger partial charge in [-0.1, -0.05) is 6.08 Å². The number of amides is 1. The second kappa shape index (κ2) is 8.60. The van der Waals surface area contributed by atoms with Gasteiger partial charge < -0.3 is 9.64 Å². The molecule has 116 valence electrons. The molecule has 0 saturated heterocycles. The van der Waals surface area contributed by atoms with Crippen LogP contribution in [0.5, 0.6) is 0 Å². The van der Waals surface area contributed by atoms with E-state index in [1.165, 1.54) is 14.2 Å². The molecule has 0 spiro atoms. The molecular formula is C13H20F3NO3. The fraction of sp³-hybridized carbons (Fsp3) is 0.692. The molecule has 0 aromatic heterocycles. The van der Waals surface area contributed by atoms with Crippen LogP contribution in [0.25, 0.3) is 0 Å². The first-order valence-corrected chi connectivity index (χ1v) is 6.24. The van der Waals surface area contributed by atoms with Gasteiger partial charge in [-0.25, -0.2) is 4.79 Å². The standard InChI is InChI=1S/C13H20F3NO3/c1-4-5-7-10(12(19)20-3)17(2)11(18)8-6-9-13(14,15)16/h4,10H,1,5-9H2,2-3H3. The zero-order valence-corrected chi connectivity index (χ0v) is 11.7. The lowest BCUT2D eigenvalue weighted by atomic mass is 10.1. The highest BCUT2D eigenvalue weighted by Gasteiger charge is 2.29. The number of halogens is 3. The van der Waals surface area contributed by atoms with Crippen LogP contribution in [0.2, 0.25) is 0 Å². The minimum absolute atomic E-state index is 0.252. The number of esters is 1. The first-order valence-electron chi connectivity index (χ1n) is 6.24. The average molecular weight is 295 g/mol. The summed E-state index contributed by atoms with van der Waals surface area (Å²) in [6.45, 7) is 3.52. The Morgan fingerprint density at radius 3 is 2.45 bits per heavy atom. The van der Waals surface area contributed by atoms with Crippen LogP contribution < -0.4 is 0 Å². The van der Waals surface area contributed by atoms with Gasteiger partial charge in [-0.05, 0) is 19.3 Å². The summed E-state index contributed by atoms with van der Waals surface area (Å²) in [5.74, 6) is -1.09. The topological polar surface area (TPSA) is 46.6 Å². The normalized spacial score (nSPS) is 12.7. The third-order valence-corrected chi connectivity index (χ3v) is 2.83.